The predicted octanol–water partition coefficient (Wildman–Crippen LogP) is 3.83. The molecule has 2 heteroatoms. The Morgan fingerprint density at radius 1 is 1.11 bits per heavy atom. The van der Waals surface area contributed by atoms with E-state index >= 15 is 0 Å². The maximum atomic E-state index is 12.9. The summed E-state index contributed by atoms with van der Waals surface area (Å²) in [7, 11) is 0. The number of ether oxygens (including phenoxy) is 1. The van der Waals surface area contributed by atoms with Crippen LogP contribution >= 0.6 is 0 Å². The van der Waals surface area contributed by atoms with Gasteiger partial charge in [-0.3, -0.25) is 4.79 Å². The minimum atomic E-state index is 0.113. The molecule has 0 amide bonds. The van der Waals surface area contributed by atoms with E-state index in [9.17, 15) is 4.79 Å². The Morgan fingerprint density at radius 3 is 2.33 bits per heavy atom. The number of hydrogen-bond acceptors (Lipinski definition) is 2. The molecule has 6 unspecified atom stereocenters. The van der Waals surface area contributed by atoms with Crippen molar-refractivity contribution in [2.24, 2.45) is 23.7 Å². The van der Waals surface area contributed by atoms with Gasteiger partial charge < -0.3 is 4.74 Å². The maximum absolute atomic E-state index is 12.9. The normalized spacial score (nSPS) is 45.1. The average Bonchev–Trinajstić information content (AvgIpc) is 2.62. The fourth-order valence-corrected chi connectivity index (χ4v) is 4.08. The van der Waals surface area contributed by atoms with Gasteiger partial charge in [0.25, 0.3) is 0 Å². The molecule has 2 rings (SSSR count). The highest BCUT2D eigenvalue weighted by Crippen LogP contribution is 2.40. The van der Waals surface area contributed by atoms with Crippen LogP contribution in [0.3, 0.4) is 0 Å². The third kappa shape index (κ3) is 2.49. The van der Waals surface area contributed by atoms with E-state index in [0.717, 1.165) is 12.8 Å². The van der Waals surface area contributed by atoms with Crippen molar-refractivity contribution in [1.82, 2.24) is 0 Å². The highest BCUT2D eigenvalue weighted by atomic mass is 16.5. The van der Waals surface area contributed by atoms with Crippen molar-refractivity contribution in [2.45, 2.75) is 72.0 Å². The number of carbonyl (C=O) groups excluding carboxylic acids is 1. The molecule has 6 atom stereocenters. The molecule has 0 bridgehead atoms. The summed E-state index contributed by atoms with van der Waals surface area (Å²) >= 11 is 0. The van der Waals surface area contributed by atoms with Gasteiger partial charge in [-0.15, -0.1) is 0 Å². The molecule has 18 heavy (non-hydrogen) atoms. The summed E-state index contributed by atoms with van der Waals surface area (Å²) < 4.78 is 5.85. The van der Waals surface area contributed by atoms with E-state index < -0.39 is 0 Å². The zero-order valence-electron chi connectivity index (χ0n) is 12.3. The predicted molar refractivity (Wildman–Crippen MR) is 73.4 cm³/mol. The Labute approximate surface area is 111 Å². The van der Waals surface area contributed by atoms with Gasteiger partial charge in [0.1, 0.15) is 5.78 Å². The highest BCUT2D eigenvalue weighted by molar-refractivity contribution is 5.85. The van der Waals surface area contributed by atoms with Crippen molar-refractivity contribution in [3.63, 3.8) is 0 Å². The van der Waals surface area contributed by atoms with E-state index in [1.54, 1.807) is 0 Å². The van der Waals surface area contributed by atoms with Gasteiger partial charge in [0, 0.05) is 11.8 Å². The molecule has 2 aliphatic rings. The summed E-state index contributed by atoms with van der Waals surface area (Å²) in [6.45, 7) is 8.59. The smallest absolute Gasteiger partial charge is 0.142 e. The van der Waals surface area contributed by atoms with Gasteiger partial charge in [0.15, 0.2) is 0 Å². The van der Waals surface area contributed by atoms with E-state index in [1.165, 1.54) is 19.3 Å². The lowest BCUT2D eigenvalue weighted by atomic mass is 9.70. The SMILES string of the molecule is CCC1CCCCC1C(=O)C1C(C)OC(C)C1C. The molecule has 0 aromatic heterocycles. The van der Waals surface area contributed by atoms with Crippen molar-refractivity contribution < 1.29 is 9.53 Å². The van der Waals surface area contributed by atoms with Crippen LogP contribution in [-0.4, -0.2) is 18.0 Å². The molecule has 1 aliphatic carbocycles. The molecule has 0 N–H and O–H groups in total. The Hall–Kier alpha value is -0.370. The lowest BCUT2D eigenvalue weighted by molar-refractivity contribution is -0.132. The second-order valence-electron chi connectivity index (χ2n) is 6.39. The summed E-state index contributed by atoms with van der Waals surface area (Å²) in [4.78, 5) is 12.9. The molecule has 104 valence electrons. The Morgan fingerprint density at radius 2 is 1.78 bits per heavy atom. The molecule has 0 radical (unpaired) electrons. The summed E-state index contributed by atoms with van der Waals surface area (Å²) in [6.07, 6.45) is 6.41. The molecule has 2 fully saturated rings. The molecule has 1 aliphatic heterocycles. The van der Waals surface area contributed by atoms with Gasteiger partial charge in [-0.2, -0.15) is 0 Å². The van der Waals surface area contributed by atoms with Crippen molar-refractivity contribution in [1.29, 1.82) is 0 Å². The van der Waals surface area contributed by atoms with E-state index in [2.05, 4.69) is 27.7 Å². The first-order valence-corrected chi connectivity index (χ1v) is 7.75. The van der Waals surface area contributed by atoms with Crippen LogP contribution in [0.4, 0.5) is 0 Å². The fourth-order valence-electron chi connectivity index (χ4n) is 4.08. The van der Waals surface area contributed by atoms with Crippen LogP contribution in [0.15, 0.2) is 0 Å². The Bertz CT molecular complexity index is 299. The zero-order valence-corrected chi connectivity index (χ0v) is 12.3. The van der Waals surface area contributed by atoms with Crippen molar-refractivity contribution in [3.8, 4) is 0 Å². The molecule has 1 heterocycles. The number of Topliss-reactive ketones (excluding diaryl/α,β-unsaturated/α-hetero) is 1. The minimum Gasteiger partial charge on any atom is -0.375 e. The van der Waals surface area contributed by atoms with Crippen molar-refractivity contribution in [3.05, 3.63) is 0 Å². The first kappa shape index (κ1) is 14.0. The third-order valence-electron chi connectivity index (χ3n) is 5.37. The molecular formula is C16H28O2. The van der Waals surface area contributed by atoms with Gasteiger partial charge in [-0.25, -0.2) is 0 Å². The maximum Gasteiger partial charge on any atom is 0.142 e. The molecule has 0 spiro atoms. The largest absolute Gasteiger partial charge is 0.375 e. The molecule has 1 saturated carbocycles. The van der Waals surface area contributed by atoms with Crippen LogP contribution in [0.5, 0.6) is 0 Å². The molecule has 0 aromatic rings. The first-order chi connectivity index (χ1) is 8.56. The van der Waals surface area contributed by atoms with Gasteiger partial charge in [-0.1, -0.05) is 33.1 Å². The second kappa shape index (κ2) is 5.73. The molecule has 0 aromatic carbocycles. The van der Waals surface area contributed by atoms with E-state index in [1.807, 2.05) is 0 Å². The number of rotatable bonds is 3. The van der Waals surface area contributed by atoms with Crippen molar-refractivity contribution >= 4 is 5.78 Å². The van der Waals surface area contributed by atoms with Gasteiger partial charge in [0.05, 0.1) is 12.2 Å². The number of ketones is 1. The standard InChI is InChI=1S/C16H28O2/c1-5-13-8-6-7-9-14(13)16(17)15-10(2)11(3)18-12(15)4/h10-15H,5-9H2,1-4H3. The Kier molecular flexibility index (Phi) is 4.47. The summed E-state index contributed by atoms with van der Waals surface area (Å²) in [6, 6.07) is 0. The summed E-state index contributed by atoms with van der Waals surface area (Å²) in [5.74, 6) is 1.96. The van der Waals surface area contributed by atoms with Crippen LogP contribution in [0, 0.1) is 23.7 Å². The highest BCUT2D eigenvalue weighted by Gasteiger charge is 2.45. The van der Waals surface area contributed by atoms with Crippen LogP contribution in [0.25, 0.3) is 0 Å². The Balaban J connectivity index is 2.10. The van der Waals surface area contributed by atoms with E-state index in [4.69, 9.17) is 4.74 Å². The van der Waals surface area contributed by atoms with Gasteiger partial charge in [0.2, 0.25) is 0 Å². The van der Waals surface area contributed by atoms with Crippen LogP contribution in [0.2, 0.25) is 0 Å². The minimum absolute atomic E-state index is 0.113. The van der Waals surface area contributed by atoms with Crippen molar-refractivity contribution in [2.75, 3.05) is 0 Å². The van der Waals surface area contributed by atoms with Gasteiger partial charge >= 0.3 is 0 Å². The van der Waals surface area contributed by atoms with Crippen LogP contribution in [-0.2, 0) is 9.53 Å². The summed E-state index contributed by atoms with van der Waals surface area (Å²) in [5.41, 5.74) is 0. The average molecular weight is 252 g/mol. The quantitative estimate of drug-likeness (QED) is 0.763. The second-order valence-corrected chi connectivity index (χ2v) is 6.39. The third-order valence-corrected chi connectivity index (χ3v) is 5.37. The lowest BCUT2D eigenvalue weighted by Gasteiger charge is -2.33. The van der Waals surface area contributed by atoms with Crippen LogP contribution < -0.4 is 0 Å². The zero-order chi connectivity index (χ0) is 13.3. The molecule has 1 saturated heterocycles. The lowest BCUT2D eigenvalue weighted by Crippen LogP contribution is -2.37. The topological polar surface area (TPSA) is 26.3 Å². The van der Waals surface area contributed by atoms with Gasteiger partial charge in [-0.05, 0) is 38.5 Å². The van der Waals surface area contributed by atoms with E-state index in [0.29, 0.717) is 23.5 Å². The fraction of sp³-hybridized carbons (Fsp3) is 0.938. The number of hydrogen-bond donors (Lipinski definition) is 0. The van der Waals surface area contributed by atoms with E-state index in [-0.39, 0.29) is 18.1 Å². The molecule has 2 nitrogen and oxygen atoms in total. The monoisotopic (exact) mass is 252 g/mol. The van der Waals surface area contributed by atoms with Crippen LogP contribution in [0.1, 0.15) is 59.8 Å². The number of carbonyl (C=O) groups is 1. The molecular weight excluding hydrogens is 224 g/mol. The first-order valence-electron chi connectivity index (χ1n) is 7.75. The summed E-state index contributed by atoms with van der Waals surface area (Å²) in [5, 5.41) is 0.